The van der Waals surface area contributed by atoms with Crippen molar-refractivity contribution in [1.29, 1.82) is 0 Å². The molecule has 4 rings (SSSR count). The number of benzene rings is 1. The number of hydrogen-bond donors (Lipinski definition) is 1. The lowest BCUT2D eigenvalue weighted by Crippen LogP contribution is -2.49. The van der Waals surface area contributed by atoms with E-state index >= 15 is 0 Å². The van der Waals surface area contributed by atoms with Gasteiger partial charge in [0, 0.05) is 51.4 Å². The molecule has 0 unspecified atom stereocenters. The fourth-order valence-corrected chi connectivity index (χ4v) is 3.14. The molecular weight excluding hydrogens is 350 g/mol. The highest BCUT2D eigenvalue weighted by molar-refractivity contribution is 5.77. The van der Waals surface area contributed by atoms with Gasteiger partial charge in [-0.15, -0.1) is 0 Å². The van der Waals surface area contributed by atoms with Gasteiger partial charge in [0.05, 0.1) is 0 Å². The van der Waals surface area contributed by atoms with Gasteiger partial charge < -0.3 is 18.8 Å². The highest BCUT2D eigenvalue weighted by atomic mass is 16.4. The lowest BCUT2D eigenvalue weighted by molar-refractivity contribution is -0.131. The van der Waals surface area contributed by atoms with Crippen molar-refractivity contribution in [3.05, 3.63) is 57.4 Å². The number of carbonyl (C=O) groups is 1. The quantitative estimate of drug-likeness (QED) is 0.715. The molecule has 1 fully saturated rings. The van der Waals surface area contributed by atoms with Crippen molar-refractivity contribution in [2.45, 2.75) is 13.0 Å². The number of piperazine rings is 1. The minimum Gasteiger partial charge on any atom is -0.423 e. The number of para-hydroxylation sites is 2. The van der Waals surface area contributed by atoms with E-state index in [0.717, 1.165) is 11.1 Å². The molecule has 0 atom stereocenters. The van der Waals surface area contributed by atoms with Crippen molar-refractivity contribution in [3.8, 4) is 0 Å². The van der Waals surface area contributed by atoms with Gasteiger partial charge in [0.1, 0.15) is 5.52 Å². The summed E-state index contributed by atoms with van der Waals surface area (Å²) < 4.78 is 7.10. The first-order valence-electron chi connectivity index (χ1n) is 8.78. The van der Waals surface area contributed by atoms with Crippen molar-refractivity contribution in [2.24, 2.45) is 0 Å². The molecule has 0 spiro atoms. The molecule has 3 heterocycles. The summed E-state index contributed by atoms with van der Waals surface area (Å²) in [7, 11) is 0. The summed E-state index contributed by atoms with van der Waals surface area (Å²) >= 11 is 0. The van der Waals surface area contributed by atoms with E-state index in [0.29, 0.717) is 32.2 Å². The van der Waals surface area contributed by atoms with E-state index in [9.17, 15) is 14.4 Å². The molecule has 27 heavy (non-hydrogen) atoms. The second kappa shape index (κ2) is 7.10. The highest BCUT2D eigenvalue weighted by Gasteiger charge is 2.23. The molecule has 0 aliphatic carbocycles. The molecular formula is C18H19N5O4. The molecule has 3 aromatic rings. The number of fused-ring (bicyclic) bond motifs is 1. The maximum atomic E-state index is 12.4. The molecule has 1 aromatic carbocycles. The largest absolute Gasteiger partial charge is 0.423 e. The molecule has 9 nitrogen and oxygen atoms in total. The fraction of sp³-hybridized carbons (Fsp3) is 0.333. The number of amides is 1. The Bertz CT molecular complexity index is 1040. The fourth-order valence-electron chi connectivity index (χ4n) is 3.14. The summed E-state index contributed by atoms with van der Waals surface area (Å²) in [4.78, 5) is 45.6. The molecule has 1 aliphatic heterocycles. The van der Waals surface area contributed by atoms with Crippen LogP contribution >= 0.6 is 0 Å². The first-order chi connectivity index (χ1) is 13.1. The zero-order valence-corrected chi connectivity index (χ0v) is 14.6. The van der Waals surface area contributed by atoms with Crippen LogP contribution in [0.2, 0.25) is 0 Å². The van der Waals surface area contributed by atoms with Gasteiger partial charge in [-0.2, -0.15) is 4.98 Å². The lowest BCUT2D eigenvalue weighted by atomic mass is 10.3. The molecule has 1 amide bonds. The maximum absolute atomic E-state index is 12.4. The lowest BCUT2D eigenvalue weighted by Gasteiger charge is -2.33. The number of anilines is 1. The standard InChI is InChI=1S/C18H19N5O4/c24-15-5-7-22(17(26)20-15)8-6-16(25)21-9-11-23(12-10-21)18-19-13-3-1-2-4-14(13)27-18/h1-5,7H,6,8-12H2,(H,20,24,26). The number of nitrogens with one attached hydrogen (secondary N) is 1. The van der Waals surface area contributed by atoms with E-state index in [4.69, 9.17) is 4.42 Å². The minimum absolute atomic E-state index is 0.0229. The van der Waals surface area contributed by atoms with Crippen LogP contribution in [-0.2, 0) is 11.3 Å². The molecule has 1 aliphatic rings. The zero-order valence-electron chi connectivity index (χ0n) is 14.6. The number of aromatic amines is 1. The van der Waals surface area contributed by atoms with Crippen LogP contribution in [0, 0.1) is 0 Å². The van der Waals surface area contributed by atoms with Crippen LogP contribution in [0.1, 0.15) is 6.42 Å². The molecule has 9 heteroatoms. The van der Waals surface area contributed by atoms with Crippen LogP contribution in [-0.4, -0.2) is 51.5 Å². The molecule has 140 valence electrons. The second-order valence-corrected chi connectivity index (χ2v) is 6.39. The summed E-state index contributed by atoms with van der Waals surface area (Å²) in [6.45, 7) is 2.64. The Hall–Kier alpha value is -3.36. The number of oxazole rings is 1. The average molecular weight is 369 g/mol. The number of H-pyrrole nitrogens is 1. The van der Waals surface area contributed by atoms with Crippen LogP contribution < -0.4 is 16.1 Å². The Morgan fingerprint density at radius 3 is 2.63 bits per heavy atom. The molecule has 0 radical (unpaired) electrons. The first-order valence-corrected chi connectivity index (χ1v) is 8.78. The van der Waals surface area contributed by atoms with Gasteiger partial charge in [-0.25, -0.2) is 4.79 Å². The average Bonchev–Trinajstić information content (AvgIpc) is 3.11. The molecule has 1 N–H and O–H groups in total. The van der Waals surface area contributed by atoms with Gasteiger partial charge in [0.15, 0.2) is 5.58 Å². The number of aromatic nitrogens is 3. The Labute approximate surface area is 153 Å². The predicted octanol–water partition coefficient (Wildman–Crippen LogP) is 0.417. The number of nitrogens with zero attached hydrogens (tertiary/aromatic N) is 4. The van der Waals surface area contributed by atoms with E-state index < -0.39 is 11.2 Å². The van der Waals surface area contributed by atoms with Crippen LogP contribution in [0.3, 0.4) is 0 Å². The Balaban J connectivity index is 1.33. The van der Waals surface area contributed by atoms with Gasteiger partial charge in [-0.3, -0.25) is 14.6 Å². The first kappa shape index (κ1) is 17.1. The van der Waals surface area contributed by atoms with Gasteiger partial charge in [0.2, 0.25) is 5.91 Å². The maximum Gasteiger partial charge on any atom is 0.328 e. The third-order valence-corrected chi connectivity index (χ3v) is 4.65. The molecule has 0 saturated carbocycles. The van der Waals surface area contributed by atoms with E-state index in [1.54, 1.807) is 4.90 Å². The van der Waals surface area contributed by atoms with E-state index in [2.05, 4.69) is 9.97 Å². The van der Waals surface area contributed by atoms with E-state index in [1.165, 1.54) is 16.8 Å². The predicted molar refractivity (Wildman–Crippen MR) is 98.7 cm³/mol. The van der Waals surface area contributed by atoms with Crippen molar-refractivity contribution >= 4 is 23.0 Å². The molecule has 1 saturated heterocycles. The summed E-state index contributed by atoms with van der Waals surface area (Å²) in [5, 5.41) is 0. The third-order valence-electron chi connectivity index (χ3n) is 4.65. The van der Waals surface area contributed by atoms with Gasteiger partial charge in [0.25, 0.3) is 11.6 Å². The van der Waals surface area contributed by atoms with Crippen LogP contribution in [0.5, 0.6) is 0 Å². The normalized spacial score (nSPS) is 14.7. The van der Waals surface area contributed by atoms with Gasteiger partial charge in [-0.05, 0) is 12.1 Å². The minimum atomic E-state index is -0.504. The van der Waals surface area contributed by atoms with Crippen molar-refractivity contribution < 1.29 is 9.21 Å². The number of carbonyl (C=O) groups excluding carboxylic acids is 1. The summed E-state index contributed by atoms with van der Waals surface area (Å²) in [5.74, 6) is -0.0229. The molecule has 2 aromatic heterocycles. The smallest absolute Gasteiger partial charge is 0.328 e. The molecule has 0 bridgehead atoms. The van der Waals surface area contributed by atoms with E-state index in [-0.39, 0.29) is 18.9 Å². The Morgan fingerprint density at radius 1 is 1.11 bits per heavy atom. The Morgan fingerprint density at radius 2 is 1.89 bits per heavy atom. The monoisotopic (exact) mass is 369 g/mol. The summed E-state index contributed by atoms with van der Waals surface area (Å²) in [5.41, 5.74) is 0.615. The van der Waals surface area contributed by atoms with Crippen molar-refractivity contribution in [3.63, 3.8) is 0 Å². The number of aryl methyl sites for hydroxylation is 1. The van der Waals surface area contributed by atoms with E-state index in [1.807, 2.05) is 29.2 Å². The van der Waals surface area contributed by atoms with Crippen LogP contribution in [0.4, 0.5) is 6.01 Å². The Kier molecular flexibility index (Phi) is 4.49. The third kappa shape index (κ3) is 3.62. The second-order valence-electron chi connectivity index (χ2n) is 6.39. The number of rotatable bonds is 4. The number of hydrogen-bond acceptors (Lipinski definition) is 6. The van der Waals surface area contributed by atoms with Gasteiger partial charge >= 0.3 is 5.69 Å². The summed E-state index contributed by atoms with van der Waals surface area (Å²) in [6, 6.07) is 9.44. The summed E-state index contributed by atoms with van der Waals surface area (Å²) in [6.07, 6.45) is 1.61. The van der Waals surface area contributed by atoms with Crippen molar-refractivity contribution in [1.82, 2.24) is 19.4 Å². The van der Waals surface area contributed by atoms with Crippen molar-refractivity contribution in [2.75, 3.05) is 31.1 Å². The van der Waals surface area contributed by atoms with Crippen LogP contribution in [0.15, 0.2) is 50.5 Å². The highest BCUT2D eigenvalue weighted by Crippen LogP contribution is 2.22. The zero-order chi connectivity index (χ0) is 18.8. The topological polar surface area (TPSA) is 104 Å². The van der Waals surface area contributed by atoms with Crippen LogP contribution in [0.25, 0.3) is 11.1 Å². The van der Waals surface area contributed by atoms with Gasteiger partial charge in [-0.1, -0.05) is 12.1 Å². The SMILES string of the molecule is O=C(CCn1ccc(=O)[nH]c1=O)N1CCN(c2nc3ccccc3o2)CC1.